The second kappa shape index (κ2) is 18.5. The van der Waals surface area contributed by atoms with E-state index >= 15 is 0 Å². The SMILES string of the molecule is c1ccc(-c2ccc(N(c3ccc(-c4ccccc4)cc3)c3cc(N(c4ccc(-c5ccccc5)cc4)c4ccc5c(c4)sc4ccccc45)c(-c4ccccc4)cc3-c3ccccc3)cc2)cc1. The van der Waals surface area contributed by atoms with E-state index in [1.165, 1.54) is 53.6 Å². The average molecular weight is 899 g/mol. The fraction of sp³-hybridized carbons (Fsp3) is 0. The minimum atomic E-state index is 1.06. The summed E-state index contributed by atoms with van der Waals surface area (Å²) in [5, 5.41) is 2.56. The van der Waals surface area contributed by atoms with Gasteiger partial charge >= 0.3 is 0 Å². The van der Waals surface area contributed by atoms with Gasteiger partial charge in [0.25, 0.3) is 0 Å². The molecule has 0 saturated heterocycles. The Morgan fingerprint density at radius 3 is 0.957 bits per heavy atom. The van der Waals surface area contributed by atoms with Crippen LogP contribution in [0.1, 0.15) is 0 Å². The molecule has 0 fully saturated rings. The molecule has 3 heteroatoms. The van der Waals surface area contributed by atoms with E-state index in [1.54, 1.807) is 0 Å². The number of nitrogens with zero attached hydrogens (tertiary/aromatic N) is 2. The molecule has 0 aliphatic heterocycles. The zero-order valence-corrected chi connectivity index (χ0v) is 38.7. The van der Waals surface area contributed by atoms with Crippen LogP contribution >= 0.6 is 11.3 Å². The van der Waals surface area contributed by atoms with Gasteiger partial charge in [0.05, 0.1) is 11.4 Å². The molecule has 0 bridgehead atoms. The van der Waals surface area contributed by atoms with Crippen molar-refractivity contribution in [3.8, 4) is 55.6 Å². The second-order valence-electron chi connectivity index (χ2n) is 17.3. The zero-order valence-electron chi connectivity index (χ0n) is 37.9. The molecular formula is C66H46N2S. The van der Waals surface area contributed by atoms with Crippen LogP contribution in [0.2, 0.25) is 0 Å². The Balaban J connectivity index is 1.13. The van der Waals surface area contributed by atoms with E-state index in [4.69, 9.17) is 0 Å². The van der Waals surface area contributed by atoms with Gasteiger partial charge in [0.1, 0.15) is 0 Å². The van der Waals surface area contributed by atoms with Crippen molar-refractivity contribution in [3.05, 3.63) is 279 Å². The van der Waals surface area contributed by atoms with Crippen molar-refractivity contribution >= 4 is 65.6 Å². The molecule has 0 saturated carbocycles. The minimum Gasteiger partial charge on any atom is -0.310 e. The van der Waals surface area contributed by atoms with Gasteiger partial charge in [0.15, 0.2) is 0 Å². The quantitative estimate of drug-likeness (QED) is 0.128. The lowest BCUT2D eigenvalue weighted by atomic mass is 9.93. The van der Waals surface area contributed by atoms with Crippen molar-refractivity contribution in [2.75, 3.05) is 9.80 Å². The molecule has 0 N–H and O–H groups in total. The molecular weight excluding hydrogens is 853 g/mol. The van der Waals surface area contributed by atoms with Crippen LogP contribution in [0.25, 0.3) is 75.8 Å². The number of hydrogen-bond donors (Lipinski definition) is 0. The van der Waals surface area contributed by atoms with Gasteiger partial charge in [-0.05, 0) is 111 Å². The second-order valence-corrected chi connectivity index (χ2v) is 18.4. The zero-order chi connectivity index (χ0) is 45.9. The van der Waals surface area contributed by atoms with Crippen LogP contribution in [-0.4, -0.2) is 0 Å². The third kappa shape index (κ3) is 8.27. The normalized spacial score (nSPS) is 11.2. The van der Waals surface area contributed by atoms with Crippen LogP contribution in [-0.2, 0) is 0 Å². The molecule has 0 atom stereocenters. The predicted molar refractivity (Wildman–Crippen MR) is 296 cm³/mol. The Labute approximate surface area is 407 Å². The van der Waals surface area contributed by atoms with Gasteiger partial charge in [-0.3, -0.25) is 0 Å². The van der Waals surface area contributed by atoms with Crippen LogP contribution in [0.5, 0.6) is 0 Å². The molecule has 0 unspecified atom stereocenters. The van der Waals surface area contributed by atoms with Crippen molar-refractivity contribution in [2.45, 2.75) is 0 Å². The number of anilines is 6. The van der Waals surface area contributed by atoms with Gasteiger partial charge in [-0.1, -0.05) is 212 Å². The lowest BCUT2D eigenvalue weighted by Crippen LogP contribution is -2.15. The summed E-state index contributed by atoms with van der Waals surface area (Å²) in [6.07, 6.45) is 0. The van der Waals surface area contributed by atoms with E-state index in [0.717, 1.165) is 56.4 Å². The maximum atomic E-state index is 2.47. The van der Waals surface area contributed by atoms with Crippen molar-refractivity contribution in [3.63, 3.8) is 0 Å². The summed E-state index contributed by atoms with van der Waals surface area (Å²) >= 11 is 1.85. The maximum Gasteiger partial charge on any atom is 0.0561 e. The summed E-state index contributed by atoms with van der Waals surface area (Å²) in [5.74, 6) is 0. The van der Waals surface area contributed by atoms with Gasteiger partial charge in [0.2, 0.25) is 0 Å². The Morgan fingerprint density at radius 2 is 0.536 bits per heavy atom. The van der Waals surface area contributed by atoms with Gasteiger partial charge in [-0.25, -0.2) is 0 Å². The third-order valence-corrected chi connectivity index (χ3v) is 14.2. The molecule has 11 aromatic carbocycles. The van der Waals surface area contributed by atoms with E-state index in [2.05, 4.69) is 289 Å². The highest BCUT2D eigenvalue weighted by Crippen LogP contribution is 2.51. The lowest BCUT2D eigenvalue weighted by molar-refractivity contribution is 1.25. The first-order valence-corrected chi connectivity index (χ1v) is 24.3. The summed E-state index contributed by atoms with van der Waals surface area (Å²) < 4.78 is 2.54. The number of benzene rings is 11. The van der Waals surface area contributed by atoms with Crippen LogP contribution in [0, 0.1) is 0 Å². The van der Waals surface area contributed by atoms with Gasteiger partial charge in [-0.15, -0.1) is 11.3 Å². The first-order valence-electron chi connectivity index (χ1n) is 23.5. The molecule has 1 heterocycles. The molecule has 0 aliphatic carbocycles. The van der Waals surface area contributed by atoms with E-state index in [0.29, 0.717) is 0 Å². The standard InChI is InChI=1S/C66H46N2S/c1-6-18-47(19-7-1)50-30-36-55(37-31-50)67(56-38-32-51(33-39-56)48-20-8-2-9-21-48)63-46-64(62(54-26-14-5-15-27-54)45-61(63)53-24-12-4-13-25-53)68(57-40-34-52(35-41-57)49-22-10-3-11-23-49)58-42-43-60-59-28-16-17-29-65(59)69-66(60)44-58/h1-46H. The van der Waals surface area contributed by atoms with Crippen molar-refractivity contribution < 1.29 is 0 Å². The largest absolute Gasteiger partial charge is 0.310 e. The summed E-state index contributed by atoms with van der Waals surface area (Å²) in [4.78, 5) is 4.91. The van der Waals surface area contributed by atoms with Gasteiger partial charge < -0.3 is 9.80 Å². The molecule has 0 amide bonds. The Bertz CT molecular complexity index is 3580. The summed E-state index contributed by atoms with van der Waals surface area (Å²) in [6, 6.07) is 101. The highest BCUT2D eigenvalue weighted by molar-refractivity contribution is 7.25. The summed E-state index contributed by atoms with van der Waals surface area (Å²) in [5.41, 5.74) is 18.0. The number of rotatable bonds is 11. The van der Waals surface area contributed by atoms with E-state index in [1.807, 2.05) is 11.3 Å². The van der Waals surface area contributed by atoms with E-state index in [9.17, 15) is 0 Å². The summed E-state index contributed by atoms with van der Waals surface area (Å²) in [6.45, 7) is 0. The van der Waals surface area contributed by atoms with Crippen LogP contribution in [0.3, 0.4) is 0 Å². The highest BCUT2D eigenvalue weighted by Gasteiger charge is 2.26. The van der Waals surface area contributed by atoms with E-state index < -0.39 is 0 Å². The molecule has 0 spiro atoms. The molecule has 326 valence electrons. The van der Waals surface area contributed by atoms with Crippen molar-refractivity contribution in [1.82, 2.24) is 0 Å². The molecule has 69 heavy (non-hydrogen) atoms. The topological polar surface area (TPSA) is 6.48 Å². The van der Waals surface area contributed by atoms with Crippen LogP contribution in [0.4, 0.5) is 34.1 Å². The van der Waals surface area contributed by atoms with Crippen LogP contribution < -0.4 is 9.80 Å². The number of fused-ring (bicyclic) bond motifs is 3. The first kappa shape index (κ1) is 41.7. The average Bonchev–Trinajstić information content (AvgIpc) is 3.81. The van der Waals surface area contributed by atoms with Crippen molar-refractivity contribution in [2.24, 2.45) is 0 Å². The molecule has 1 aromatic heterocycles. The van der Waals surface area contributed by atoms with Gasteiger partial charge in [0, 0.05) is 54.0 Å². The van der Waals surface area contributed by atoms with E-state index in [-0.39, 0.29) is 0 Å². The molecule has 2 nitrogen and oxygen atoms in total. The minimum absolute atomic E-state index is 1.06. The maximum absolute atomic E-state index is 2.47. The third-order valence-electron chi connectivity index (χ3n) is 13.1. The number of thiophene rings is 1. The fourth-order valence-electron chi connectivity index (χ4n) is 9.65. The Morgan fingerprint density at radius 1 is 0.217 bits per heavy atom. The lowest BCUT2D eigenvalue weighted by Gasteiger charge is -2.33. The van der Waals surface area contributed by atoms with Crippen molar-refractivity contribution in [1.29, 1.82) is 0 Å². The first-order chi connectivity index (χ1) is 34.2. The summed E-state index contributed by atoms with van der Waals surface area (Å²) in [7, 11) is 0. The smallest absolute Gasteiger partial charge is 0.0561 e. The molecule has 0 radical (unpaired) electrons. The van der Waals surface area contributed by atoms with Crippen LogP contribution in [0.15, 0.2) is 279 Å². The number of hydrogen-bond acceptors (Lipinski definition) is 3. The Kier molecular flexibility index (Phi) is 11.2. The predicted octanol–water partition coefficient (Wildman–Crippen LogP) is 19.3. The molecule has 0 aliphatic rings. The highest BCUT2D eigenvalue weighted by atomic mass is 32.1. The molecule has 12 aromatic rings. The molecule has 12 rings (SSSR count). The fourth-order valence-corrected chi connectivity index (χ4v) is 10.8. The Hall–Kier alpha value is -8.76. The monoisotopic (exact) mass is 898 g/mol. The van der Waals surface area contributed by atoms with Gasteiger partial charge in [-0.2, -0.15) is 0 Å².